The summed E-state index contributed by atoms with van der Waals surface area (Å²) in [5.74, 6) is 1.89. The normalized spacial score (nSPS) is 10.2. The minimum Gasteiger partial charge on any atom is -0.485 e. The van der Waals surface area contributed by atoms with E-state index in [2.05, 4.69) is 23.0 Å². The fraction of sp³-hybridized carbons (Fsp3) is 0.231. The quantitative estimate of drug-likeness (QED) is 0.876. The topological polar surface area (TPSA) is 61.0 Å². The van der Waals surface area contributed by atoms with Crippen LogP contribution in [0.3, 0.4) is 0 Å². The molecule has 0 fully saturated rings. The summed E-state index contributed by atoms with van der Waals surface area (Å²) in [6.45, 7) is 4.40. The summed E-state index contributed by atoms with van der Waals surface area (Å²) in [5, 5.41) is 0. The minimum absolute atomic E-state index is 0.328. The van der Waals surface area contributed by atoms with Crippen LogP contribution in [0.15, 0.2) is 30.5 Å². The Labute approximate surface area is 100 Å². The Morgan fingerprint density at radius 1 is 1.24 bits per heavy atom. The number of ether oxygens (including phenoxy) is 1. The van der Waals surface area contributed by atoms with Gasteiger partial charge in [0.2, 0.25) is 0 Å². The summed E-state index contributed by atoms with van der Waals surface area (Å²) in [5.41, 5.74) is 7.89. The molecule has 4 nitrogen and oxygen atoms in total. The van der Waals surface area contributed by atoms with Crippen molar-refractivity contribution >= 4 is 5.82 Å². The van der Waals surface area contributed by atoms with Gasteiger partial charge >= 0.3 is 0 Å². The predicted octanol–water partition coefficient (Wildman–Crippen LogP) is 2.25. The number of benzene rings is 1. The van der Waals surface area contributed by atoms with Crippen LogP contribution in [0.5, 0.6) is 5.75 Å². The van der Waals surface area contributed by atoms with Gasteiger partial charge in [0, 0.05) is 6.20 Å². The van der Waals surface area contributed by atoms with Gasteiger partial charge in [0.1, 0.15) is 18.2 Å². The van der Waals surface area contributed by atoms with Crippen molar-refractivity contribution in [3.63, 3.8) is 0 Å². The number of hydrogen-bond acceptors (Lipinski definition) is 4. The van der Waals surface area contributed by atoms with Gasteiger partial charge in [0.25, 0.3) is 0 Å². The van der Waals surface area contributed by atoms with Gasteiger partial charge in [-0.3, -0.25) is 0 Å². The highest BCUT2D eigenvalue weighted by molar-refractivity contribution is 5.35. The maximum atomic E-state index is 5.65. The van der Waals surface area contributed by atoms with Gasteiger partial charge in [0.15, 0.2) is 5.82 Å². The molecule has 2 aromatic rings. The maximum Gasteiger partial charge on any atom is 0.168 e. The van der Waals surface area contributed by atoms with Crippen molar-refractivity contribution in [3.05, 3.63) is 47.4 Å². The summed E-state index contributed by atoms with van der Waals surface area (Å²) in [4.78, 5) is 8.16. The first-order valence-electron chi connectivity index (χ1n) is 5.42. The molecule has 2 N–H and O–H groups in total. The lowest BCUT2D eigenvalue weighted by Gasteiger charge is -2.08. The van der Waals surface area contributed by atoms with Gasteiger partial charge in [-0.25, -0.2) is 9.97 Å². The molecule has 0 saturated carbocycles. The third-order valence-corrected chi connectivity index (χ3v) is 2.41. The van der Waals surface area contributed by atoms with Crippen LogP contribution in [0.25, 0.3) is 0 Å². The van der Waals surface area contributed by atoms with Crippen LogP contribution in [-0.2, 0) is 6.61 Å². The number of anilines is 1. The lowest BCUT2D eigenvalue weighted by Crippen LogP contribution is -2.04. The van der Waals surface area contributed by atoms with Gasteiger partial charge in [-0.15, -0.1) is 0 Å². The Kier molecular flexibility index (Phi) is 3.23. The van der Waals surface area contributed by atoms with Gasteiger partial charge in [0.05, 0.1) is 0 Å². The molecular weight excluding hydrogens is 214 g/mol. The first-order chi connectivity index (χ1) is 8.15. The number of nitrogen functional groups attached to an aromatic ring is 1. The molecule has 0 saturated heterocycles. The van der Waals surface area contributed by atoms with Crippen LogP contribution >= 0.6 is 0 Å². The molecule has 0 aliphatic carbocycles. The van der Waals surface area contributed by atoms with E-state index in [4.69, 9.17) is 10.5 Å². The third-order valence-electron chi connectivity index (χ3n) is 2.41. The molecule has 0 bridgehead atoms. The Hall–Kier alpha value is -2.10. The van der Waals surface area contributed by atoms with Gasteiger partial charge in [-0.2, -0.15) is 0 Å². The first-order valence-corrected chi connectivity index (χ1v) is 5.42. The monoisotopic (exact) mass is 229 g/mol. The van der Waals surface area contributed by atoms with E-state index in [0.29, 0.717) is 18.2 Å². The number of nitrogens with two attached hydrogens (primary N) is 1. The molecule has 17 heavy (non-hydrogen) atoms. The summed E-state index contributed by atoms with van der Waals surface area (Å²) in [7, 11) is 0. The second-order valence-electron chi connectivity index (χ2n) is 3.96. The van der Waals surface area contributed by atoms with Crippen LogP contribution < -0.4 is 10.5 Å². The van der Waals surface area contributed by atoms with Gasteiger partial charge in [-0.05, 0) is 31.5 Å². The molecule has 0 atom stereocenters. The molecular formula is C13H15N3O. The third kappa shape index (κ3) is 2.93. The van der Waals surface area contributed by atoms with E-state index in [1.54, 1.807) is 12.3 Å². The Morgan fingerprint density at radius 2 is 2.06 bits per heavy atom. The zero-order chi connectivity index (χ0) is 12.3. The fourth-order valence-corrected chi connectivity index (χ4v) is 1.59. The molecule has 0 aliphatic heterocycles. The van der Waals surface area contributed by atoms with Crippen LogP contribution in [0, 0.1) is 13.8 Å². The standard InChI is InChI=1S/C13H15N3O/c1-9-3-4-11(10(2)7-9)17-8-13-15-6-5-12(14)16-13/h3-7H,8H2,1-2H3,(H2,14,15,16). The molecule has 0 spiro atoms. The molecule has 88 valence electrons. The molecule has 4 heteroatoms. The highest BCUT2D eigenvalue weighted by atomic mass is 16.5. The van der Waals surface area contributed by atoms with Crippen LogP contribution in [0.2, 0.25) is 0 Å². The van der Waals surface area contributed by atoms with Crippen LogP contribution in [0.1, 0.15) is 17.0 Å². The highest BCUT2D eigenvalue weighted by Gasteiger charge is 2.02. The van der Waals surface area contributed by atoms with Crippen LogP contribution in [0.4, 0.5) is 5.82 Å². The maximum absolute atomic E-state index is 5.65. The fourth-order valence-electron chi connectivity index (χ4n) is 1.59. The largest absolute Gasteiger partial charge is 0.485 e. The average Bonchev–Trinajstić information content (AvgIpc) is 2.28. The molecule has 0 unspecified atom stereocenters. The van der Waals surface area contributed by atoms with Crippen molar-refractivity contribution in [1.29, 1.82) is 0 Å². The zero-order valence-electron chi connectivity index (χ0n) is 9.97. The predicted molar refractivity (Wildman–Crippen MR) is 66.7 cm³/mol. The van der Waals surface area contributed by atoms with E-state index in [0.717, 1.165) is 11.3 Å². The SMILES string of the molecule is Cc1ccc(OCc2nccc(N)n2)c(C)c1. The van der Waals surface area contributed by atoms with Crippen molar-refractivity contribution in [2.24, 2.45) is 0 Å². The number of aryl methyl sites for hydroxylation is 2. The smallest absolute Gasteiger partial charge is 0.168 e. The van der Waals surface area contributed by atoms with Gasteiger partial charge in [-0.1, -0.05) is 17.7 Å². The lowest BCUT2D eigenvalue weighted by molar-refractivity contribution is 0.294. The van der Waals surface area contributed by atoms with Crippen molar-refractivity contribution < 1.29 is 4.74 Å². The van der Waals surface area contributed by atoms with E-state index in [9.17, 15) is 0 Å². The lowest BCUT2D eigenvalue weighted by atomic mass is 10.1. The van der Waals surface area contributed by atoms with Gasteiger partial charge < -0.3 is 10.5 Å². The second-order valence-corrected chi connectivity index (χ2v) is 3.96. The summed E-state index contributed by atoms with van der Waals surface area (Å²) < 4.78 is 5.65. The Balaban J connectivity index is 2.07. The van der Waals surface area contributed by atoms with Crippen molar-refractivity contribution in [3.8, 4) is 5.75 Å². The minimum atomic E-state index is 0.328. The van der Waals surface area contributed by atoms with Crippen molar-refractivity contribution in [2.75, 3.05) is 5.73 Å². The summed E-state index contributed by atoms with van der Waals surface area (Å²) >= 11 is 0. The molecule has 0 radical (unpaired) electrons. The second kappa shape index (κ2) is 4.82. The van der Waals surface area contributed by atoms with E-state index >= 15 is 0 Å². The molecule has 2 rings (SSSR count). The molecule has 1 aromatic carbocycles. The Morgan fingerprint density at radius 3 is 2.76 bits per heavy atom. The first kappa shape index (κ1) is 11.4. The molecule has 1 aromatic heterocycles. The van der Waals surface area contributed by atoms with Crippen molar-refractivity contribution in [2.45, 2.75) is 20.5 Å². The average molecular weight is 229 g/mol. The Bertz CT molecular complexity index is 526. The number of aromatic nitrogens is 2. The molecule has 0 amide bonds. The number of rotatable bonds is 3. The molecule has 0 aliphatic rings. The molecule has 1 heterocycles. The van der Waals surface area contributed by atoms with E-state index in [1.165, 1.54) is 5.56 Å². The van der Waals surface area contributed by atoms with E-state index in [1.807, 2.05) is 19.1 Å². The number of nitrogens with zero attached hydrogens (tertiary/aromatic N) is 2. The zero-order valence-corrected chi connectivity index (χ0v) is 9.97. The summed E-state index contributed by atoms with van der Waals surface area (Å²) in [6, 6.07) is 7.70. The highest BCUT2D eigenvalue weighted by Crippen LogP contribution is 2.19. The summed E-state index contributed by atoms with van der Waals surface area (Å²) in [6.07, 6.45) is 1.63. The van der Waals surface area contributed by atoms with Crippen molar-refractivity contribution in [1.82, 2.24) is 9.97 Å². The van der Waals surface area contributed by atoms with E-state index < -0.39 is 0 Å². The number of hydrogen-bond donors (Lipinski definition) is 1. The van der Waals surface area contributed by atoms with Crippen LogP contribution in [-0.4, -0.2) is 9.97 Å². The van der Waals surface area contributed by atoms with E-state index in [-0.39, 0.29) is 0 Å².